The Labute approximate surface area is 139 Å². The van der Waals surface area contributed by atoms with Crippen LogP contribution in [-0.4, -0.2) is 32.6 Å². The summed E-state index contributed by atoms with van der Waals surface area (Å²) in [5, 5.41) is 8.21. The second kappa shape index (κ2) is 6.64. The van der Waals surface area contributed by atoms with Crippen molar-refractivity contribution in [3.8, 4) is 0 Å². The smallest absolute Gasteiger partial charge is 0.0653 e. The summed E-state index contributed by atoms with van der Waals surface area (Å²) in [6, 6.07) is 14.7. The van der Waals surface area contributed by atoms with E-state index in [0.29, 0.717) is 0 Å². The predicted molar refractivity (Wildman–Crippen MR) is 94.8 cm³/mol. The van der Waals surface area contributed by atoms with E-state index in [0.717, 1.165) is 22.3 Å². The van der Waals surface area contributed by atoms with Gasteiger partial charge in [0.05, 0.1) is 11.7 Å². The molecule has 0 aliphatic heterocycles. The fourth-order valence-electron chi connectivity index (χ4n) is 2.70. The highest BCUT2D eigenvalue weighted by atomic mass is 32.2. The number of fused-ring (bicyclic) bond motifs is 1. The molecule has 0 aliphatic rings. The zero-order valence-electron chi connectivity index (χ0n) is 13.6. The van der Waals surface area contributed by atoms with Crippen LogP contribution in [0, 0.1) is 0 Å². The molecule has 0 fully saturated rings. The Bertz CT molecular complexity index is 826. The van der Waals surface area contributed by atoms with Crippen LogP contribution < -0.4 is 0 Å². The Morgan fingerprint density at radius 3 is 2.65 bits per heavy atom. The molecule has 0 saturated carbocycles. The van der Waals surface area contributed by atoms with Gasteiger partial charge in [0, 0.05) is 39.9 Å². The van der Waals surface area contributed by atoms with Gasteiger partial charge in [0.25, 0.3) is 0 Å². The standard InChI is InChI=1S/C18H21N3OS/c1-13(15-6-8-17(9-7-15)23(3)22)21(2)12-14-4-5-16-11-19-20-18(16)10-14/h4-11,13H,12H2,1-3H3,(H,19,20)/t13-,23+/m1/s1. The third kappa shape index (κ3) is 3.51. The number of nitrogens with zero attached hydrogens (tertiary/aromatic N) is 2. The minimum absolute atomic E-state index is 0.284. The molecular formula is C18H21N3OS. The summed E-state index contributed by atoms with van der Waals surface area (Å²) in [6.45, 7) is 3.05. The van der Waals surface area contributed by atoms with Gasteiger partial charge in [-0.25, -0.2) is 0 Å². The molecule has 1 heterocycles. The fourth-order valence-corrected chi connectivity index (χ4v) is 3.22. The Hall–Kier alpha value is -1.98. The predicted octanol–water partition coefficient (Wildman–Crippen LogP) is 3.49. The zero-order chi connectivity index (χ0) is 16.4. The quantitative estimate of drug-likeness (QED) is 0.780. The van der Waals surface area contributed by atoms with Gasteiger partial charge in [0.15, 0.2) is 0 Å². The van der Waals surface area contributed by atoms with Crippen molar-refractivity contribution in [3.05, 3.63) is 59.8 Å². The van der Waals surface area contributed by atoms with Crippen molar-refractivity contribution in [2.45, 2.75) is 24.4 Å². The third-order valence-electron chi connectivity index (χ3n) is 4.29. The highest BCUT2D eigenvalue weighted by Crippen LogP contribution is 2.23. The molecule has 0 aliphatic carbocycles. The number of aromatic amines is 1. The molecule has 4 nitrogen and oxygen atoms in total. The van der Waals surface area contributed by atoms with Gasteiger partial charge >= 0.3 is 0 Å². The summed E-state index contributed by atoms with van der Waals surface area (Å²) in [6.07, 6.45) is 3.54. The molecule has 3 rings (SSSR count). The van der Waals surface area contributed by atoms with Crippen molar-refractivity contribution in [3.63, 3.8) is 0 Å². The summed E-state index contributed by atoms with van der Waals surface area (Å²) in [5.74, 6) is 0. The van der Waals surface area contributed by atoms with Crippen LogP contribution in [0.2, 0.25) is 0 Å². The van der Waals surface area contributed by atoms with Crippen molar-refractivity contribution < 1.29 is 4.21 Å². The number of aromatic nitrogens is 2. The first-order valence-electron chi connectivity index (χ1n) is 7.60. The first-order valence-corrected chi connectivity index (χ1v) is 9.16. The summed E-state index contributed by atoms with van der Waals surface area (Å²) in [4.78, 5) is 3.17. The molecule has 1 aromatic heterocycles. The lowest BCUT2D eigenvalue weighted by atomic mass is 10.1. The van der Waals surface area contributed by atoms with Crippen LogP contribution in [0.4, 0.5) is 0 Å². The zero-order valence-corrected chi connectivity index (χ0v) is 14.4. The van der Waals surface area contributed by atoms with E-state index < -0.39 is 10.8 Å². The van der Waals surface area contributed by atoms with Gasteiger partial charge in [0.2, 0.25) is 0 Å². The molecule has 1 N–H and O–H groups in total. The molecule has 0 radical (unpaired) electrons. The number of hydrogen-bond donors (Lipinski definition) is 1. The molecule has 0 bridgehead atoms. The van der Waals surface area contributed by atoms with Crippen molar-refractivity contribution >= 4 is 21.7 Å². The van der Waals surface area contributed by atoms with E-state index in [2.05, 4.69) is 59.4 Å². The largest absolute Gasteiger partial charge is 0.295 e. The van der Waals surface area contributed by atoms with Gasteiger partial charge in [-0.3, -0.25) is 14.2 Å². The highest BCUT2D eigenvalue weighted by molar-refractivity contribution is 7.84. The number of hydrogen-bond acceptors (Lipinski definition) is 3. The summed E-state index contributed by atoms with van der Waals surface area (Å²) in [7, 11) is 1.19. The van der Waals surface area contributed by atoms with E-state index in [4.69, 9.17) is 0 Å². The van der Waals surface area contributed by atoms with E-state index in [1.165, 1.54) is 11.1 Å². The SMILES string of the molecule is C[C@H](c1ccc([S@](C)=O)cc1)N(C)Cc1ccc2cn[nH]c2c1. The van der Waals surface area contributed by atoms with Crippen LogP contribution in [0.1, 0.15) is 24.1 Å². The Morgan fingerprint density at radius 2 is 1.96 bits per heavy atom. The van der Waals surface area contributed by atoms with Crippen molar-refractivity contribution in [1.82, 2.24) is 15.1 Å². The molecule has 2 aromatic carbocycles. The molecule has 0 saturated heterocycles. The van der Waals surface area contributed by atoms with Crippen molar-refractivity contribution in [2.24, 2.45) is 0 Å². The van der Waals surface area contributed by atoms with Gasteiger partial charge < -0.3 is 0 Å². The minimum atomic E-state index is -0.925. The van der Waals surface area contributed by atoms with Gasteiger partial charge in [-0.05, 0) is 43.3 Å². The Balaban J connectivity index is 1.73. The molecule has 3 aromatic rings. The first-order chi connectivity index (χ1) is 11.0. The Morgan fingerprint density at radius 1 is 1.22 bits per heavy atom. The summed E-state index contributed by atoms with van der Waals surface area (Å²) >= 11 is 0. The molecule has 0 unspecified atom stereocenters. The van der Waals surface area contributed by atoms with Crippen LogP contribution >= 0.6 is 0 Å². The monoisotopic (exact) mass is 327 g/mol. The lowest BCUT2D eigenvalue weighted by molar-refractivity contribution is 0.253. The second-order valence-corrected chi connectivity index (χ2v) is 7.29. The van der Waals surface area contributed by atoms with Gasteiger partial charge in [-0.2, -0.15) is 5.10 Å². The highest BCUT2D eigenvalue weighted by Gasteiger charge is 2.13. The normalized spacial score (nSPS) is 14.3. The van der Waals surface area contributed by atoms with Crippen LogP contribution in [0.5, 0.6) is 0 Å². The minimum Gasteiger partial charge on any atom is -0.295 e. The molecule has 0 amide bonds. The number of nitrogens with one attached hydrogen (secondary N) is 1. The molecule has 0 spiro atoms. The molecule has 2 atom stereocenters. The maximum absolute atomic E-state index is 11.5. The number of rotatable bonds is 5. The van der Waals surface area contributed by atoms with Crippen molar-refractivity contribution in [2.75, 3.05) is 13.3 Å². The first kappa shape index (κ1) is 15.9. The van der Waals surface area contributed by atoms with E-state index >= 15 is 0 Å². The number of benzene rings is 2. The maximum Gasteiger partial charge on any atom is 0.0653 e. The van der Waals surface area contributed by atoms with Gasteiger partial charge in [-0.15, -0.1) is 0 Å². The van der Waals surface area contributed by atoms with Crippen LogP contribution in [0.25, 0.3) is 10.9 Å². The third-order valence-corrected chi connectivity index (χ3v) is 5.23. The van der Waals surface area contributed by atoms with E-state index in [1.807, 2.05) is 18.3 Å². The van der Waals surface area contributed by atoms with Crippen molar-refractivity contribution in [1.29, 1.82) is 0 Å². The summed E-state index contributed by atoms with van der Waals surface area (Å²) < 4.78 is 11.5. The average Bonchev–Trinajstić information content (AvgIpc) is 3.01. The van der Waals surface area contributed by atoms with E-state index in [9.17, 15) is 4.21 Å². The number of H-pyrrole nitrogens is 1. The summed E-state index contributed by atoms with van der Waals surface area (Å²) in [5.41, 5.74) is 3.55. The topological polar surface area (TPSA) is 49.0 Å². The average molecular weight is 327 g/mol. The van der Waals surface area contributed by atoms with Gasteiger partial charge in [-0.1, -0.05) is 24.3 Å². The molecule has 120 valence electrons. The van der Waals surface area contributed by atoms with Gasteiger partial charge in [0.1, 0.15) is 0 Å². The Kier molecular flexibility index (Phi) is 4.59. The lowest BCUT2D eigenvalue weighted by Crippen LogP contribution is -2.21. The second-order valence-electron chi connectivity index (χ2n) is 5.91. The lowest BCUT2D eigenvalue weighted by Gasteiger charge is -2.25. The van der Waals surface area contributed by atoms with Crippen LogP contribution in [-0.2, 0) is 17.3 Å². The molecular weight excluding hydrogens is 306 g/mol. The van der Waals surface area contributed by atoms with Crippen LogP contribution in [0.3, 0.4) is 0 Å². The van der Waals surface area contributed by atoms with Crippen LogP contribution in [0.15, 0.2) is 53.6 Å². The fraction of sp³-hybridized carbons (Fsp3) is 0.278. The molecule has 23 heavy (non-hydrogen) atoms. The maximum atomic E-state index is 11.5. The van der Waals surface area contributed by atoms with E-state index in [-0.39, 0.29) is 6.04 Å². The van der Waals surface area contributed by atoms with E-state index in [1.54, 1.807) is 6.26 Å². The molecule has 5 heteroatoms.